The van der Waals surface area contributed by atoms with Gasteiger partial charge in [-0.25, -0.2) is 9.67 Å². The quantitative estimate of drug-likeness (QED) is 0.711. The predicted molar refractivity (Wildman–Crippen MR) is 65.3 cm³/mol. The van der Waals surface area contributed by atoms with Crippen LogP contribution in [0.25, 0.3) is 0 Å². The highest BCUT2D eigenvalue weighted by Gasteiger charge is 2.06. The summed E-state index contributed by atoms with van der Waals surface area (Å²) in [7, 11) is 0. The summed E-state index contributed by atoms with van der Waals surface area (Å²) in [5.74, 6) is 1.39. The summed E-state index contributed by atoms with van der Waals surface area (Å²) >= 11 is 0. The predicted octanol–water partition coefficient (Wildman–Crippen LogP) is 0.160. The number of aromatic nitrogens is 3. The molecule has 0 aliphatic heterocycles. The van der Waals surface area contributed by atoms with Gasteiger partial charge in [0.25, 0.3) is 0 Å². The number of hydrogen-bond acceptors (Lipinski definition) is 4. The van der Waals surface area contributed by atoms with Gasteiger partial charge in [0.15, 0.2) is 0 Å². The van der Waals surface area contributed by atoms with E-state index in [1.54, 1.807) is 6.33 Å². The van der Waals surface area contributed by atoms with Crippen LogP contribution in [-0.2, 0) is 17.9 Å². The molecule has 0 unspecified atom stereocenters. The summed E-state index contributed by atoms with van der Waals surface area (Å²) in [6, 6.07) is 0. The van der Waals surface area contributed by atoms with Crippen molar-refractivity contribution in [2.24, 2.45) is 5.92 Å². The van der Waals surface area contributed by atoms with Crippen LogP contribution in [0.2, 0.25) is 0 Å². The first-order chi connectivity index (χ1) is 8.13. The average molecular weight is 239 g/mol. The van der Waals surface area contributed by atoms with Crippen molar-refractivity contribution >= 4 is 5.91 Å². The lowest BCUT2D eigenvalue weighted by Gasteiger charge is -2.09. The first-order valence-corrected chi connectivity index (χ1v) is 5.97. The minimum atomic E-state index is 0.00225. The zero-order valence-electron chi connectivity index (χ0n) is 10.7. The van der Waals surface area contributed by atoms with E-state index < -0.39 is 0 Å². The van der Waals surface area contributed by atoms with Crippen molar-refractivity contribution in [2.45, 2.75) is 33.9 Å². The van der Waals surface area contributed by atoms with Gasteiger partial charge in [0.2, 0.25) is 5.91 Å². The van der Waals surface area contributed by atoms with Gasteiger partial charge in [0.05, 0.1) is 13.1 Å². The average Bonchev–Trinajstić information content (AvgIpc) is 2.65. The van der Waals surface area contributed by atoms with E-state index in [1.165, 1.54) is 0 Å². The van der Waals surface area contributed by atoms with Gasteiger partial charge in [0, 0.05) is 13.1 Å². The van der Waals surface area contributed by atoms with Crippen molar-refractivity contribution in [2.75, 3.05) is 13.1 Å². The van der Waals surface area contributed by atoms with E-state index in [0.717, 1.165) is 12.4 Å². The molecule has 0 spiro atoms. The molecule has 1 heterocycles. The first kappa shape index (κ1) is 13.6. The third kappa shape index (κ3) is 4.95. The number of nitrogens with one attached hydrogen (secondary N) is 2. The fourth-order valence-corrected chi connectivity index (χ4v) is 1.47. The second kappa shape index (κ2) is 7.01. The molecule has 0 saturated heterocycles. The molecule has 0 saturated carbocycles. The van der Waals surface area contributed by atoms with Crippen LogP contribution in [0.1, 0.15) is 26.6 Å². The van der Waals surface area contributed by atoms with Gasteiger partial charge in [0.1, 0.15) is 12.2 Å². The number of carbonyl (C=O) groups excluding carboxylic acids is 1. The number of hydrogen-bond donors (Lipinski definition) is 2. The molecule has 1 aromatic heterocycles. The Morgan fingerprint density at radius 1 is 1.53 bits per heavy atom. The van der Waals surface area contributed by atoms with Crippen LogP contribution in [-0.4, -0.2) is 33.8 Å². The molecule has 0 aliphatic carbocycles. The molecule has 0 aliphatic rings. The molecule has 96 valence electrons. The summed E-state index contributed by atoms with van der Waals surface area (Å²) in [6.07, 6.45) is 1.55. The van der Waals surface area contributed by atoms with Gasteiger partial charge in [-0.3, -0.25) is 4.79 Å². The van der Waals surface area contributed by atoms with E-state index >= 15 is 0 Å². The topological polar surface area (TPSA) is 71.8 Å². The second-order valence-electron chi connectivity index (χ2n) is 4.31. The normalized spacial score (nSPS) is 10.8. The van der Waals surface area contributed by atoms with Gasteiger partial charge in [-0.05, 0) is 12.8 Å². The van der Waals surface area contributed by atoms with Crippen molar-refractivity contribution in [3.8, 4) is 0 Å². The van der Waals surface area contributed by atoms with Crippen LogP contribution in [0, 0.1) is 5.92 Å². The van der Waals surface area contributed by atoms with E-state index in [1.807, 2.05) is 11.6 Å². The number of amides is 1. The molecule has 6 nitrogen and oxygen atoms in total. The Morgan fingerprint density at radius 3 is 2.94 bits per heavy atom. The lowest BCUT2D eigenvalue weighted by Crippen LogP contribution is -2.34. The van der Waals surface area contributed by atoms with Crippen LogP contribution in [0.15, 0.2) is 6.33 Å². The summed E-state index contributed by atoms with van der Waals surface area (Å²) in [6.45, 7) is 8.53. The Balaban J connectivity index is 2.36. The zero-order valence-corrected chi connectivity index (χ0v) is 10.7. The van der Waals surface area contributed by atoms with Crippen molar-refractivity contribution in [3.63, 3.8) is 0 Å². The van der Waals surface area contributed by atoms with Gasteiger partial charge in [-0.1, -0.05) is 13.8 Å². The number of nitrogens with zero attached hydrogens (tertiary/aromatic N) is 3. The third-order valence-corrected chi connectivity index (χ3v) is 2.18. The fraction of sp³-hybridized carbons (Fsp3) is 0.727. The summed E-state index contributed by atoms with van der Waals surface area (Å²) < 4.78 is 1.87. The van der Waals surface area contributed by atoms with Crippen molar-refractivity contribution in [3.05, 3.63) is 12.2 Å². The molecule has 0 atom stereocenters. The standard InChI is InChI=1S/C11H21N5O/c1-4-13-11(17)6-12-5-10-14-8-15-16(10)7-9(2)3/h8-9,12H,4-7H2,1-3H3,(H,13,17). The summed E-state index contributed by atoms with van der Waals surface area (Å²) in [5.41, 5.74) is 0. The maximum Gasteiger partial charge on any atom is 0.233 e. The van der Waals surface area contributed by atoms with Crippen molar-refractivity contribution in [1.82, 2.24) is 25.4 Å². The largest absolute Gasteiger partial charge is 0.355 e. The van der Waals surface area contributed by atoms with E-state index in [2.05, 4.69) is 34.6 Å². The highest BCUT2D eigenvalue weighted by molar-refractivity contribution is 5.77. The molecule has 1 rings (SSSR count). The molecule has 0 bridgehead atoms. The van der Waals surface area contributed by atoms with Crippen LogP contribution in [0.4, 0.5) is 0 Å². The Labute approximate surface area is 102 Å². The summed E-state index contributed by atoms with van der Waals surface area (Å²) in [5, 5.41) is 9.93. The van der Waals surface area contributed by atoms with Crippen molar-refractivity contribution in [1.29, 1.82) is 0 Å². The van der Waals surface area contributed by atoms with Gasteiger partial charge in [-0.2, -0.15) is 5.10 Å². The molecule has 1 aromatic rings. The number of rotatable bonds is 7. The SMILES string of the molecule is CCNC(=O)CNCc1ncnn1CC(C)C. The Kier molecular flexibility index (Phi) is 5.62. The lowest BCUT2D eigenvalue weighted by molar-refractivity contribution is -0.120. The van der Waals surface area contributed by atoms with E-state index in [9.17, 15) is 4.79 Å². The molecular weight excluding hydrogens is 218 g/mol. The molecule has 0 aromatic carbocycles. The van der Waals surface area contributed by atoms with Crippen LogP contribution >= 0.6 is 0 Å². The molecule has 1 amide bonds. The van der Waals surface area contributed by atoms with Crippen LogP contribution in [0.3, 0.4) is 0 Å². The maximum absolute atomic E-state index is 11.2. The van der Waals surface area contributed by atoms with Gasteiger partial charge >= 0.3 is 0 Å². The van der Waals surface area contributed by atoms with Crippen LogP contribution < -0.4 is 10.6 Å². The van der Waals surface area contributed by atoms with E-state index in [4.69, 9.17) is 0 Å². The molecular formula is C11H21N5O. The third-order valence-electron chi connectivity index (χ3n) is 2.18. The second-order valence-corrected chi connectivity index (χ2v) is 4.31. The fourth-order valence-electron chi connectivity index (χ4n) is 1.47. The zero-order chi connectivity index (χ0) is 12.7. The summed E-state index contributed by atoms with van der Waals surface area (Å²) in [4.78, 5) is 15.4. The molecule has 0 fully saturated rings. The van der Waals surface area contributed by atoms with Gasteiger partial charge < -0.3 is 10.6 Å². The minimum Gasteiger partial charge on any atom is -0.355 e. The molecule has 0 radical (unpaired) electrons. The highest BCUT2D eigenvalue weighted by atomic mass is 16.1. The van der Waals surface area contributed by atoms with Crippen molar-refractivity contribution < 1.29 is 4.79 Å². The Bertz CT molecular complexity index is 347. The highest BCUT2D eigenvalue weighted by Crippen LogP contribution is 2.00. The Hall–Kier alpha value is -1.43. The number of carbonyl (C=O) groups is 1. The van der Waals surface area contributed by atoms with Gasteiger partial charge in [-0.15, -0.1) is 0 Å². The molecule has 17 heavy (non-hydrogen) atoms. The Morgan fingerprint density at radius 2 is 2.29 bits per heavy atom. The van der Waals surface area contributed by atoms with E-state index in [0.29, 0.717) is 25.6 Å². The van der Waals surface area contributed by atoms with Crippen LogP contribution in [0.5, 0.6) is 0 Å². The first-order valence-electron chi connectivity index (χ1n) is 5.97. The molecule has 2 N–H and O–H groups in total. The molecule has 6 heteroatoms. The lowest BCUT2D eigenvalue weighted by atomic mass is 10.2. The smallest absolute Gasteiger partial charge is 0.233 e. The maximum atomic E-state index is 11.2. The minimum absolute atomic E-state index is 0.00225. The number of likely N-dealkylation sites (N-methyl/N-ethyl adjacent to an activating group) is 1. The monoisotopic (exact) mass is 239 g/mol. The van der Waals surface area contributed by atoms with E-state index in [-0.39, 0.29) is 5.91 Å².